The molecule has 1 aromatic carbocycles. The standard InChI is InChI=1S/C22H23NO10/c1-10(24)30-17-9-16(23-21(28)14-7-5-6-8-15(14)22(23)29)18(31-11(2)25)20(33-13(4)27)19(17)32-12(3)26/h5-8,16-20H,9H2,1-4H3/t16-,17+,18+,19+,20-/m1/s1. The van der Waals surface area contributed by atoms with Crippen molar-refractivity contribution in [3.8, 4) is 0 Å². The Balaban J connectivity index is 2.10. The van der Waals surface area contributed by atoms with Gasteiger partial charge in [-0.1, -0.05) is 12.1 Å². The highest BCUT2D eigenvalue weighted by Crippen LogP contribution is 2.36. The lowest BCUT2D eigenvalue weighted by Crippen LogP contribution is -2.65. The van der Waals surface area contributed by atoms with E-state index in [1.54, 1.807) is 12.1 Å². The minimum absolute atomic E-state index is 0.152. The summed E-state index contributed by atoms with van der Waals surface area (Å²) in [6.45, 7) is 4.42. The van der Waals surface area contributed by atoms with Gasteiger partial charge >= 0.3 is 23.9 Å². The zero-order valence-electron chi connectivity index (χ0n) is 18.4. The van der Waals surface area contributed by atoms with Gasteiger partial charge in [0.15, 0.2) is 18.3 Å². The van der Waals surface area contributed by atoms with E-state index in [0.717, 1.165) is 32.6 Å². The van der Waals surface area contributed by atoms with Crippen LogP contribution in [0.2, 0.25) is 0 Å². The normalized spacial score (nSPS) is 26.3. The molecule has 0 bridgehead atoms. The van der Waals surface area contributed by atoms with Gasteiger partial charge in [0.05, 0.1) is 17.2 Å². The van der Waals surface area contributed by atoms with Crippen LogP contribution in [0.15, 0.2) is 24.3 Å². The lowest BCUT2D eigenvalue weighted by molar-refractivity contribution is -0.216. The fourth-order valence-corrected chi connectivity index (χ4v) is 4.21. The number of fused-ring (bicyclic) bond motifs is 1. The van der Waals surface area contributed by atoms with Gasteiger partial charge in [-0.15, -0.1) is 0 Å². The zero-order chi connectivity index (χ0) is 24.4. The number of hydrogen-bond donors (Lipinski definition) is 0. The summed E-state index contributed by atoms with van der Waals surface area (Å²) in [5.41, 5.74) is 0.304. The van der Waals surface area contributed by atoms with Gasteiger partial charge in [-0.3, -0.25) is 33.7 Å². The van der Waals surface area contributed by atoms with Crippen LogP contribution in [-0.4, -0.2) is 71.0 Å². The predicted molar refractivity (Wildman–Crippen MR) is 108 cm³/mol. The quantitative estimate of drug-likeness (QED) is 0.351. The maximum Gasteiger partial charge on any atom is 0.303 e. The minimum atomic E-state index is -1.46. The summed E-state index contributed by atoms with van der Waals surface area (Å²) < 4.78 is 21.3. The molecule has 1 heterocycles. The van der Waals surface area contributed by atoms with Crippen LogP contribution in [0.5, 0.6) is 0 Å². The van der Waals surface area contributed by atoms with Crippen molar-refractivity contribution in [2.75, 3.05) is 0 Å². The first-order chi connectivity index (χ1) is 15.5. The van der Waals surface area contributed by atoms with Crippen molar-refractivity contribution in [3.63, 3.8) is 0 Å². The number of carbonyl (C=O) groups is 6. The highest BCUT2D eigenvalue weighted by molar-refractivity contribution is 6.21. The Morgan fingerprint density at radius 3 is 1.58 bits per heavy atom. The molecule has 176 valence electrons. The summed E-state index contributed by atoms with van der Waals surface area (Å²) in [5, 5.41) is 0. The first-order valence-corrected chi connectivity index (χ1v) is 10.2. The Labute approximate surface area is 188 Å². The summed E-state index contributed by atoms with van der Waals surface area (Å²) in [6, 6.07) is 4.97. The Bertz CT molecular complexity index is 983. The first-order valence-electron chi connectivity index (χ1n) is 10.2. The van der Waals surface area contributed by atoms with E-state index < -0.39 is 66.1 Å². The van der Waals surface area contributed by atoms with E-state index in [1.165, 1.54) is 12.1 Å². The van der Waals surface area contributed by atoms with Crippen LogP contribution in [0.25, 0.3) is 0 Å². The van der Waals surface area contributed by atoms with Crippen LogP contribution < -0.4 is 0 Å². The van der Waals surface area contributed by atoms with Crippen molar-refractivity contribution >= 4 is 35.7 Å². The fourth-order valence-electron chi connectivity index (χ4n) is 4.21. The predicted octanol–water partition coefficient (Wildman–Crippen LogP) is 0.782. The SMILES string of the molecule is CC(=O)O[C@H]1[C@@H](OC(C)=O)[C@@H](OC(C)=O)C[C@@H](N2C(=O)c3ccccc3C2=O)[C@@H]1OC(C)=O. The van der Waals surface area contributed by atoms with Crippen LogP contribution in [0.3, 0.4) is 0 Å². The monoisotopic (exact) mass is 461 g/mol. The molecule has 1 aromatic rings. The maximum absolute atomic E-state index is 13.1. The molecule has 0 saturated heterocycles. The average Bonchev–Trinajstić information content (AvgIpc) is 2.96. The van der Waals surface area contributed by atoms with Gasteiger partial charge in [0, 0.05) is 34.1 Å². The van der Waals surface area contributed by atoms with E-state index in [9.17, 15) is 28.8 Å². The van der Waals surface area contributed by atoms with E-state index in [-0.39, 0.29) is 17.5 Å². The van der Waals surface area contributed by atoms with E-state index in [1.807, 2.05) is 0 Å². The average molecular weight is 461 g/mol. The van der Waals surface area contributed by atoms with Crippen LogP contribution in [0.4, 0.5) is 0 Å². The van der Waals surface area contributed by atoms with Crippen LogP contribution >= 0.6 is 0 Å². The summed E-state index contributed by atoms with van der Waals surface area (Å²) in [4.78, 5) is 74.5. The molecule has 11 nitrogen and oxygen atoms in total. The number of rotatable bonds is 5. The number of carbonyl (C=O) groups excluding carboxylic acids is 6. The molecule has 1 fully saturated rings. The Morgan fingerprint density at radius 1 is 0.697 bits per heavy atom. The summed E-state index contributed by atoms with van der Waals surface area (Å²) >= 11 is 0. The molecule has 2 aliphatic rings. The van der Waals surface area contributed by atoms with Gasteiger partial charge in [0.2, 0.25) is 0 Å². The number of nitrogens with zero attached hydrogens (tertiary/aromatic N) is 1. The summed E-state index contributed by atoms with van der Waals surface area (Å²) in [5.74, 6) is -4.38. The molecule has 1 aliphatic carbocycles. The highest BCUT2D eigenvalue weighted by atomic mass is 16.6. The zero-order valence-corrected chi connectivity index (χ0v) is 18.4. The Kier molecular flexibility index (Phi) is 6.80. The molecule has 0 radical (unpaired) electrons. The lowest BCUT2D eigenvalue weighted by atomic mass is 9.83. The van der Waals surface area contributed by atoms with E-state index in [0.29, 0.717) is 0 Å². The summed E-state index contributed by atoms with van der Waals surface area (Å²) in [7, 11) is 0. The van der Waals surface area contributed by atoms with Gasteiger partial charge < -0.3 is 18.9 Å². The van der Waals surface area contributed by atoms with Gasteiger partial charge in [0.25, 0.3) is 11.8 Å². The summed E-state index contributed by atoms with van der Waals surface area (Å²) in [6.07, 6.45) is -5.60. The third-order valence-electron chi connectivity index (χ3n) is 5.25. The molecule has 5 atom stereocenters. The molecule has 1 saturated carbocycles. The van der Waals surface area contributed by atoms with E-state index >= 15 is 0 Å². The molecule has 3 rings (SSSR count). The molecular formula is C22H23NO10. The van der Waals surface area contributed by atoms with Crippen LogP contribution in [-0.2, 0) is 38.1 Å². The van der Waals surface area contributed by atoms with Crippen molar-refractivity contribution in [1.82, 2.24) is 4.90 Å². The highest BCUT2D eigenvalue weighted by Gasteiger charge is 2.57. The molecule has 0 spiro atoms. The number of ether oxygens (including phenoxy) is 4. The minimum Gasteiger partial charge on any atom is -0.458 e. The second kappa shape index (κ2) is 9.39. The topological polar surface area (TPSA) is 143 Å². The number of hydrogen-bond acceptors (Lipinski definition) is 10. The number of esters is 4. The van der Waals surface area contributed by atoms with Gasteiger partial charge in [-0.2, -0.15) is 0 Å². The molecular weight excluding hydrogens is 438 g/mol. The van der Waals surface area contributed by atoms with Gasteiger partial charge in [-0.25, -0.2) is 0 Å². The van der Waals surface area contributed by atoms with Gasteiger partial charge in [-0.05, 0) is 12.1 Å². The second-order valence-corrected chi connectivity index (χ2v) is 7.70. The van der Waals surface area contributed by atoms with Crippen molar-refractivity contribution in [2.45, 2.75) is 64.6 Å². The van der Waals surface area contributed by atoms with Crippen molar-refractivity contribution < 1.29 is 47.7 Å². The molecule has 1 aliphatic heterocycles. The van der Waals surface area contributed by atoms with E-state index in [4.69, 9.17) is 18.9 Å². The van der Waals surface area contributed by atoms with Crippen LogP contribution in [0, 0.1) is 0 Å². The van der Waals surface area contributed by atoms with E-state index in [2.05, 4.69) is 0 Å². The smallest absolute Gasteiger partial charge is 0.303 e. The fraction of sp³-hybridized carbons (Fsp3) is 0.455. The van der Waals surface area contributed by atoms with Gasteiger partial charge in [0.1, 0.15) is 6.10 Å². The Hall–Kier alpha value is -3.76. The third kappa shape index (κ3) is 4.86. The largest absolute Gasteiger partial charge is 0.458 e. The molecule has 33 heavy (non-hydrogen) atoms. The van der Waals surface area contributed by atoms with Crippen LogP contribution in [0.1, 0.15) is 54.8 Å². The molecule has 0 aromatic heterocycles. The Morgan fingerprint density at radius 2 is 1.12 bits per heavy atom. The first kappa shape index (κ1) is 23.9. The maximum atomic E-state index is 13.1. The third-order valence-corrected chi connectivity index (χ3v) is 5.25. The lowest BCUT2D eigenvalue weighted by Gasteiger charge is -2.46. The van der Waals surface area contributed by atoms with Crippen molar-refractivity contribution in [1.29, 1.82) is 0 Å². The molecule has 2 amide bonds. The molecule has 0 unspecified atom stereocenters. The van der Waals surface area contributed by atoms with Crippen molar-refractivity contribution in [3.05, 3.63) is 35.4 Å². The van der Waals surface area contributed by atoms with Crippen molar-refractivity contribution in [2.24, 2.45) is 0 Å². The second-order valence-electron chi connectivity index (χ2n) is 7.70. The molecule has 0 N–H and O–H groups in total. The number of benzene rings is 1. The molecule has 11 heteroatoms. The number of imide groups is 1. The number of amides is 2.